The number of nitro groups is 1. The number of carbonyl (C=O) groups is 1. The number of Topliss-reactive ketones (excluding diaryl/α,β-unsaturated/α-hetero) is 1. The van der Waals surface area contributed by atoms with E-state index in [0.29, 0.717) is 5.56 Å². The molecular weight excluding hydrogens is 258 g/mol. The first-order valence-electron chi connectivity index (χ1n) is 6.17. The first-order valence-corrected chi connectivity index (χ1v) is 6.17. The number of benzene rings is 1. The molecule has 6 nitrogen and oxygen atoms in total. The molecule has 2 rings (SSSR count). The average Bonchev–Trinajstić information content (AvgIpc) is 2.82. The Kier molecular flexibility index (Phi) is 3.65. The predicted molar refractivity (Wildman–Crippen MR) is 73.9 cm³/mol. The maximum Gasteiger partial charge on any atom is 0.389 e. The summed E-state index contributed by atoms with van der Waals surface area (Å²) in [5.41, 5.74) is 3.71. The highest BCUT2D eigenvalue weighted by molar-refractivity contribution is 5.97. The molecule has 0 aliphatic carbocycles. The molecule has 0 bridgehead atoms. The predicted octanol–water partition coefficient (Wildman–Crippen LogP) is 2.60. The van der Waals surface area contributed by atoms with Crippen LogP contribution in [-0.2, 0) is 6.54 Å². The van der Waals surface area contributed by atoms with E-state index in [2.05, 4.69) is 5.10 Å². The van der Waals surface area contributed by atoms with Crippen LogP contribution in [0.5, 0.6) is 0 Å². The number of hydrogen-bond acceptors (Lipinski definition) is 4. The van der Waals surface area contributed by atoms with Crippen LogP contribution in [0.1, 0.15) is 27.0 Å². The summed E-state index contributed by atoms with van der Waals surface area (Å²) < 4.78 is 1.29. The van der Waals surface area contributed by atoms with Crippen molar-refractivity contribution in [1.82, 2.24) is 9.78 Å². The van der Waals surface area contributed by atoms with E-state index in [1.807, 2.05) is 32.9 Å². The van der Waals surface area contributed by atoms with Gasteiger partial charge in [0.05, 0.1) is 17.4 Å². The molecule has 20 heavy (non-hydrogen) atoms. The van der Waals surface area contributed by atoms with Crippen molar-refractivity contribution < 1.29 is 9.72 Å². The zero-order valence-corrected chi connectivity index (χ0v) is 11.6. The van der Waals surface area contributed by atoms with Gasteiger partial charge in [-0.1, -0.05) is 6.07 Å². The first kappa shape index (κ1) is 13.9. The Hall–Kier alpha value is -2.50. The van der Waals surface area contributed by atoms with E-state index in [1.165, 1.54) is 16.9 Å². The smallest absolute Gasteiger partial charge is 0.358 e. The number of rotatable bonds is 4. The fraction of sp³-hybridized carbons (Fsp3) is 0.286. The third kappa shape index (κ3) is 2.74. The van der Waals surface area contributed by atoms with Gasteiger partial charge in [0, 0.05) is 5.56 Å². The third-order valence-corrected chi connectivity index (χ3v) is 3.26. The maximum absolute atomic E-state index is 12.2. The van der Waals surface area contributed by atoms with Gasteiger partial charge in [-0.15, -0.1) is 0 Å². The fourth-order valence-electron chi connectivity index (χ4n) is 2.03. The Morgan fingerprint density at radius 2 is 1.90 bits per heavy atom. The van der Waals surface area contributed by atoms with Gasteiger partial charge >= 0.3 is 5.82 Å². The van der Waals surface area contributed by atoms with E-state index >= 15 is 0 Å². The summed E-state index contributed by atoms with van der Waals surface area (Å²) in [7, 11) is 0. The van der Waals surface area contributed by atoms with Crippen LogP contribution in [0.2, 0.25) is 0 Å². The van der Waals surface area contributed by atoms with Crippen molar-refractivity contribution in [3.63, 3.8) is 0 Å². The van der Waals surface area contributed by atoms with Crippen molar-refractivity contribution in [3.8, 4) is 0 Å². The molecule has 0 spiro atoms. The Bertz CT molecular complexity index is 689. The van der Waals surface area contributed by atoms with Gasteiger partial charge in [-0.3, -0.25) is 4.79 Å². The normalized spacial score (nSPS) is 10.6. The molecular formula is C14H15N3O3. The summed E-state index contributed by atoms with van der Waals surface area (Å²) in [5.74, 6) is -0.363. The lowest BCUT2D eigenvalue weighted by Crippen LogP contribution is -2.13. The fourth-order valence-corrected chi connectivity index (χ4v) is 2.03. The molecule has 0 atom stereocenters. The van der Waals surface area contributed by atoms with Crippen molar-refractivity contribution in [2.75, 3.05) is 0 Å². The van der Waals surface area contributed by atoms with E-state index < -0.39 is 4.92 Å². The van der Waals surface area contributed by atoms with E-state index in [1.54, 1.807) is 0 Å². The average molecular weight is 273 g/mol. The van der Waals surface area contributed by atoms with Crippen LogP contribution in [0.25, 0.3) is 0 Å². The molecule has 2 aromatic rings. The minimum Gasteiger partial charge on any atom is -0.358 e. The zero-order chi connectivity index (χ0) is 14.9. The first-order chi connectivity index (χ1) is 9.38. The third-order valence-electron chi connectivity index (χ3n) is 3.26. The van der Waals surface area contributed by atoms with Crippen molar-refractivity contribution in [2.45, 2.75) is 27.3 Å². The van der Waals surface area contributed by atoms with Gasteiger partial charge in [-0.2, -0.15) is 4.68 Å². The van der Waals surface area contributed by atoms with E-state index in [-0.39, 0.29) is 18.1 Å². The Labute approximate surface area is 116 Å². The molecule has 104 valence electrons. The number of nitrogens with zero attached hydrogens (tertiary/aromatic N) is 3. The van der Waals surface area contributed by atoms with Gasteiger partial charge in [-0.25, -0.2) is 0 Å². The van der Waals surface area contributed by atoms with Crippen molar-refractivity contribution >= 4 is 11.6 Å². The highest BCUT2D eigenvalue weighted by Gasteiger charge is 2.16. The van der Waals surface area contributed by atoms with Crippen LogP contribution in [0.3, 0.4) is 0 Å². The Balaban J connectivity index is 2.23. The van der Waals surface area contributed by atoms with Gasteiger partial charge in [0.25, 0.3) is 0 Å². The number of carbonyl (C=O) groups excluding carboxylic acids is 1. The Morgan fingerprint density at radius 3 is 2.50 bits per heavy atom. The molecule has 0 unspecified atom stereocenters. The molecule has 0 N–H and O–H groups in total. The highest BCUT2D eigenvalue weighted by Crippen LogP contribution is 2.16. The number of ketones is 1. The molecule has 0 amide bonds. The zero-order valence-electron chi connectivity index (χ0n) is 11.6. The number of aromatic nitrogens is 2. The molecule has 0 fully saturated rings. The summed E-state index contributed by atoms with van der Waals surface area (Å²) >= 11 is 0. The lowest BCUT2D eigenvalue weighted by atomic mass is 9.98. The quantitative estimate of drug-likeness (QED) is 0.487. The summed E-state index contributed by atoms with van der Waals surface area (Å²) in [6.07, 6.45) is 1.44. The second kappa shape index (κ2) is 5.24. The monoisotopic (exact) mass is 273 g/mol. The summed E-state index contributed by atoms with van der Waals surface area (Å²) in [6.45, 7) is 5.82. The van der Waals surface area contributed by atoms with Crippen molar-refractivity contribution in [2.24, 2.45) is 0 Å². The van der Waals surface area contributed by atoms with Crippen LogP contribution in [0.4, 0.5) is 5.82 Å². The van der Waals surface area contributed by atoms with Gasteiger partial charge in [0.15, 0.2) is 5.78 Å². The molecule has 6 heteroatoms. The number of hydrogen-bond donors (Lipinski definition) is 0. The molecule has 0 saturated heterocycles. The molecule has 0 aliphatic heterocycles. The minimum absolute atomic E-state index is 0.00280. The van der Waals surface area contributed by atoms with Crippen LogP contribution in [-0.4, -0.2) is 20.5 Å². The van der Waals surface area contributed by atoms with Crippen molar-refractivity contribution in [3.05, 3.63) is 56.8 Å². The molecule has 1 heterocycles. The van der Waals surface area contributed by atoms with E-state index in [4.69, 9.17) is 0 Å². The molecule has 0 radical (unpaired) electrons. The van der Waals surface area contributed by atoms with E-state index in [9.17, 15) is 14.9 Å². The molecule has 0 saturated carbocycles. The topological polar surface area (TPSA) is 78.0 Å². The second-order valence-corrected chi connectivity index (χ2v) is 4.80. The lowest BCUT2D eigenvalue weighted by Gasteiger charge is -2.08. The maximum atomic E-state index is 12.2. The van der Waals surface area contributed by atoms with Crippen molar-refractivity contribution in [1.29, 1.82) is 0 Å². The minimum atomic E-state index is -0.581. The summed E-state index contributed by atoms with van der Waals surface area (Å²) in [5, 5.41) is 14.3. The van der Waals surface area contributed by atoms with Crippen LogP contribution < -0.4 is 0 Å². The van der Waals surface area contributed by atoms with Crippen LogP contribution in [0, 0.1) is 30.9 Å². The SMILES string of the molecule is Cc1cc(C)c(C(=O)Cn2ccc([N+](=O)[O-])n2)cc1C. The summed E-state index contributed by atoms with van der Waals surface area (Å²) in [6, 6.07) is 5.10. The lowest BCUT2D eigenvalue weighted by molar-refractivity contribution is -0.389. The summed E-state index contributed by atoms with van der Waals surface area (Å²) in [4.78, 5) is 22.2. The number of aryl methyl sites for hydroxylation is 3. The molecule has 1 aromatic heterocycles. The Morgan fingerprint density at radius 1 is 1.25 bits per heavy atom. The van der Waals surface area contributed by atoms with Gasteiger partial charge < -0.3 is 10.1 Å². The van der Waals surface area contributed by atoms with Crippen LogP contribution in [0.15, 0.2) is 24.4 Å². The van der Waals surface area contributed by atoms with Crippen LogP contribution >= 0.6 is 0 Å². The molecule has 0 aliphatic rings. The van der Waals surface area contributed by atoms with Gasteiger partial charge in [0.2, 0.25) is 0 Å². The molecule has 1 aromatic carbocycles. The van der Waals surface area contributed by atoms with Gasteiger partial charge in [-0.05, 0) is 48.5 Å². The largest absolute Gasteiger partial charge is 0.389 e. The van der Waals surface area contributed by atoms with E-state index in [0.717, 1.165) is 16.7 Å². The standard InChI is InChI=1S/C14H15N3O3/c1-9-6-11(3)12(7-10(9)2)13(18)8-16-5-4-14(15-16)17(19)20/h4-7H,8H2,1-3H3. The highest BCUT2D eigenvalue weighted by atomic mass is 16.6. The van der Waals surface area contributed by atoms with Gasteiger partial charge in [0.1, 0.15) is 6.54 Å². The second-order valence-electron chi connectivity index (χ2n) is 4.80.